The number of hydrogen-bond donors (Lipinski definition) is 1. The van der Waals surface area contributed by atoms with Crippen molar-refractivity contribution in [1.82, 2.24) is 0 Å². The molecule has 0 heterocycles. The molecule has 0 saturated heterocycles. The van der Waals surface area contributed by atoms with Gasteiger partial charge in [0.2, 0.25) is 0 Å². The van der Waals surface area contributed by atoms with Gasteiger partial charge in [-0.1, -0.05) is 19.7 Å². The third-order valence-electron chi connectivity index (χ3n) is 0.851. The molecule has 0 aliphatic rings. The standard InChI is InChI=1S/C6H12O2/c1-2-3-4-5-6(7)8/h2-5H2,1H3,(H,7,8)/i3D. The minimum absolute atomic E-state index is 0.127. The van der Waals surface area contributed by atoms with E-state index in [9.17, 15) is 4.79 Å². The van der Waals surface area contributed by atoms with Crippen LogP contribution in [0.25, 0.3) is 0 Å². The average molecular weight is 117 g/mol. The predicted molar refractivity (Wildman–Crippen MR) is 31.8 cm³/mol. The summed E-state index contributed by atoms with van der Waals surface area (Å²) in [6.07, 6.45) is 1.15. The van der Waals surface area contributed by atoms with Crippen molar-refractivity contribution in [2.24, 2.45) is 0 Å². The van der Waals surface area contributed by atoms with Gasteiger partial charge in [-0.25, -0.2) is 0 Å². The van der Waals surface area contributed by atoms with Gasteiger partial charge in [-0.15, -0.1) is 0 Å². The molecule has 0 aromatic rings. The van der Waals surface area contributed by atoms with E-state index >= 15 is 0 Å². The Morgan fingerprint density at radius 3 is 2.88 bits per heavy atom. The van der Waals surface area contributed by atoms with E-state index in [1.807, 2.05) is 6.92 Å². The monoisotopic (exact) mass is 117 g/mol. The van der Waals surface area contributed by atoms with Gasteiger partial charge in [0.15, 0.2) is 0 Å². The van der Waals surface area contributed by atoms with Crippen molar-refractivity contribution in [3.05, 3.63) is 0 Å². The van der Waals surface area contributed by atoms with Crippen molar-refractivity contribution in [2.75, 3.05) is 0 Å². The van der Waals surface area contributed by atoms with Gasteiger partial charge in [0.05, 0.1) is 0 Å². The zero-order valence-electron chi connectivity index (χ0n) is 6.05. The summed E-state index contributed by atoms with van der Waals surface area (Å²) in [6, 6.07) is 0. The molecule has 0 aliphatic carbocycles. The second kappa shape index (κ2) is 4.62. The summed E-state index contributed by atoms with van der Waals surface area (Å²) in [6.45, 7) is 1.89. The molecule has 0 rings (SSSR count). The van der Waals surface area contributed by atoms with Crippen molar-refractivity contribution in [2.45, 2.75) is 32.6 Å². The summed E-state index contributed by atoms with van der Waals surface area (Å²) in [5.74, 6) is -0.805. The van der Waals surface area contributed by atoms with E-state index in [1.54, 1.807) is 0 Å². The molecule has 2 heteroatoms. The molecule has 48 valence electrons. The van der Waals surface area contributed by atoms with E-state index < -0.39 is 5.97 Å². The molecule has 1 N–H and O–H groups in total. The van der Waals surface area contributed by atoms with E-state index in [0.717, 1.165) is 6.42 Å². The van der Waals surface area contributed by atoms with E-state index in [2.05, 4.69) is 0 Å². The maximum atomic E-state index is 9.94. The zero-order chi connectivity index (χ0) is 7.28. The van der Waals surface area contributed by atoms with Crippen LogP contribution in [0, 0.1) is 0 Å². The molecule has 0 spiro atoms. The first-order valence-electron chi connectivity index (χ1n) is 3.38. The van der Waals surface area contributed by atoms with Crippen LogP contribution >= 0.6 is 0 Å². The number of hydrogen-bond acceptors (Lipinski definition) is 1. The van der Waals surface area contributed by atoms with Gasteiger partial charge in [0.1, 0.15) is 0 Å². The van der Waals surface area contributed by atoms with Crippen LogP contribution in [0.15, 0.2) is 0 Å². The van der Waals surface area contributed by atoms with E-state index in [-0.39, 0.29) is 12.8 Å². The highest BCUT2D eigenvalue weighted by atomic mass is 16.4. The summed E-state index contributed by atoms with van der Waals surface area (Å²) >= 11 is 0. The SMILES string of the molecule is [2H]C(CC)CCC(=O)O. The lowest BCUT2D eigenvalue weighted by Gasteiger charge is -1.89. The first-order valence-corrected chi connectivity index (χ1v) is 2.80. The second-order valence-electron chi connectivity index (χ2n) is 1.63. The zero-order valence-corrected chi connectivity index (χ0v) is 5.05. The first-order chi connectivity index (χ1) is 4.16. The van der Waals surface area contributed by atoms with Gasteiger partial charge >= 0.3 is 5.97 Å². The normalized spacial score (nSPS) is 14.9. The van der Waals surface area contributed by atoms with Crippen molar-refractivity contribution in [1.29, 1.82) is 0 Å². The number of aliphatic carboxylic acids is 1. The van der Waals surface area contributed by atoms with Gasteiger partial charge in [-0.05, 0) is 6.42 Å². The topological polar surface area (TPSA) is 37.3 Å². The number of rotatable bonds is 4. The fourth-order valence-corrected chi connectivity index (χ4v) is 0.430. The first kappa shape index (κ1) is 5.60. The fourth-order valence-electron chi connectivity index (χ4n) is 0.430. The highest BCUT2D eigenvalue weighted by Gasteiger charge is 1.92. The Morgan fingerprint density at radius 1 is 1.88 bits per heavy atom. The Balaban J connectivity index is 3.16. The molecule has 0 saturated carbocycles. The van der Waals surface area contributed by atoms with Gasteiger partial charge in [-0.2, -0.15) is 0 Å². The quantitative estimate of drug-likeness (QED) is 0.608. The van der Waals surface area contributed by atoms with Gasteiger partial charge in [0.25, 0.3) is 0 Å². The summed E-state index contributed by atoms with van der Waals surface area (Å²) in [4.78, 5) is 9.94. The fraction of sp³-hybridized carbons (Fsp3) is 0.833. The maximum Gasteiger partial charge on any atom is 0.303 e. The molecule has 0 fully saturated rings. The van der Waals surface area contributed by atoms with Crippen molar-refractivity contribution in [3.63, 3.8) is 0 Å². The molecule has 0 radical (unpaired) electrons. The molecule has 0 bridgehead atoms. The Morgan fingerprint density at radius 2 is 2.50 bits per heavy atom. The molecule has 8 heavy (non-hydrogen) atoms. The van der Waals surface area contributed by atoms with Crippen LogP contribution in [0.3, 0.4) is 0 Å². The van der Waals surface area contributed by atoms with Crippen molar-refractivity contribution in [3.8, 4) is 0 Å². The molecule has 0 aliphatic heterocycles. The Labute approximate surface area is 50.9 Å². The Kier molecular flexibility index (Phi) is 3.24. The summed E-state index contributed by atoms with van der Waals surface area (Å²) < 4.78 is 7.15. The van der Waals surface area contributed by atoms with Crippen LogP contribution in [0.4, 0.5) is 0 Å². The van der Waals surface area contributed by atoms with E-state index in [4.69, 9.17) is 6.48 Å². The summed E-state index contributed by atoms with van der Waals surface area (Å²) in [5, 5.41) is 8.17. The number of carbonyl (C=O) groups is 1. The largest absolute Gasteiger partial charge is 0.481 e. The molecule has 2 nitrogen and oxygen atoms in total. The predicted octanol–water partition coefficient (Wildman–Crippen LogP) is 1.65. The van der Waals surface area contributed by atoms with Crippen LogP contribution in [0.5, 0.6) is 0 Å². The molecule has 1 atom stereocenters. The third-order valence-corrected chi connectivity index (χ3v) is 0.851. The number of carboxylic acids is 1. The average Bonchev–Trinajstić information content (AvgIpc) is 1.83. The van der Waals surface area contributed by atoms with Crippen LogP contribution in [0.1, 0.15) is 34.0 Å². The third kappa shape index (κ3) is 5.47. The highest BCUT2D eigenvalue weighted by Crippen LogP contribution is 1.97. The summed E-state index contributed by atoms with van der Waals surface area (Å²) in [7, 11) is 0. The molecular weight excluding hydrogens is 104 g/mol. The second-order valence-corrected chi connectivity index (χ2v) is 1.63. The lowest BCUT2D eigenvalue weighted by atomic mass is 10.2. The van der Waals surface area contributed by atoms with Gasteiger partial charge in [-0.3, -0.25) is 4.79 Å². The van der Waals surface area contributed by atoms with E-state index in [0.29, 0.717) is 6.42 Å². The van der Waals surface area contributed by atoms with Crippen LogP contribution in [0.2, 0.25) is 0 Å². The van der Waals surface area contributed by atoms with Crippen LogP contribution in [-0.4, -0.2) is 11.1 Å². The van der Waals surface area contributed by atoms with Crippen LogP contribution < -0.4 is 0 Å². The molecule has 0 aromatic heterocycles. The molecule has 1 unspecified atom stereocenters. The van der Waals surface area contributed by atoms with Crippen LogP contribution in [-0.2, 0) is 4.79 Å². The lowest BCUT2D eigenvalue weighted by Crippen LogP contribution is -1.92. The smallest absolute Gasteiger partial charge is 0.303 e. The van der Waals surface area contributed by atoms with Gasteiger partial charge < -0.3 is 5.11 Å². The lowest BCUT2D eigenvalue weighted by molar-refractivity contribution is -0.137. The molecular formula is C6H12O2. The summed E-state index contributed by atoms with van der Waals surface area (Å²) in [5.41, 5.74) is 0. The Bertz CT molecular complexity index is 93.1. The Hall–Kier alpha value is -0.530. The minimum atomic E-state index is -0.805. The van der Waals surface area contributed by atoms with Gasteiger partial charge in [0, 0.05) is 7.79 Å². The minimum Gasteiger partial charge on any atom is -0.481 e. The molecule has 0 amide bonds. The number of carboxylic acid groups (broad SMARTS) is 1. The molecule has 0 aromatic carbocycles. The van der Waals surface area contributed by atoms with Crippen molar-refractivity contribution < 1.29 is 11.3 Å². The highest BCUT2D eigenvalue weighted by molar-refractivity contribution is 5.66. The van der Waals surface area contributed by atoms with E-state index in [1.165, 1.54) is 0 Å². The van der Waals surface area contributed by atoms with Crippen molar-refractivity contribution >= 4 is 5.97 Å². The maximum absolute atomic E-state index is 9.94.